The first-order valence-corrected chi connectivity index (χ1v) is 16.3. The molecule has 11 nitrogen and oxygen atoms in total. The van der Waals surface area contributed by atoms with Crippen molar-refractivity contribution < 1.29 is 27.6 Å². The monoisotopic (exact) mass is 615 g/mol. The summed E-state index contributed by atoms with van der Waals surface area (Å²) < 4.78 is 28.9. The average Bonchev–Trinajstić information content (AvgIpc) is 3.39. The number of carbonyl (C=O) groups is 4. The number of likely N-dealkylation sites (tertiary alicyclic amines) is 3. The van der Waals surface area contributed by atoms with Gasteiger partial charge in [-0.15, -0.1) is 0 Å². The van der Waals surface area contributed by atoms with Gasteiger partial charge in [0.1, 0.15) is 6.04 Å². The second kappa shape index (κ2) is 11.5. The van der Waals surface area contributed by atoms with Crippen LogP contribution in [0.1, 0.15) is 25.7 Å². The Morgan fingerprint density at radius 1 is 0.976 bits per heavy atom. The zero-order valence-electron chi connectivity index (χ0n) is 23.1. The van der Waals surface area contributed by atoms with Gasteiger partial charge in [-0.25, -0.2) is 8.42 Å². The first-order valence-electron chi connectivity index (χ1n) is 14.4. The molecule has 4 aliphatic heterocycles. The summed E-state index contributed by atoms with van der Waals surface area (Å²) in [6, 6.07) is 8.96. The van der Waals surface area contributed by atoms with Crippen LogP contribution >= 0.6 is 11.6 Å². The van der Waals surface area contributed by atoms with Gasteiger partial charge in [0.25, 0.3) is 0 Å². The Labute approximate surface area is 249 Å². The third-order valence-electron chi connectivity index (χ3n) is 8.81. The highest BCUT2D eigenvalue weighted by Crippen LogP contribution is 2.30. The second-order valence-electron chi connectivity index (χ2n) is 11.9. The maximum atomic E-state index is 13.3. The number of benzene rings is 2. The molecule has 0 aliphatic carbocycles. The molecule has 0 saturated carbocycles. The van der Waals surface area contributed by atoms with E-state index in [1.54, 1.807) is 35.2 Å². The van der Waals surface area contributed by atoms with Gasteiger partial charge >= 0.3 is 0 Å². The number of amides is 4. The molecule has 4 aliphatic rings. The van der Waals surface area contributed by atoms with Crippen LogP contribution in [0.15, 0.2) is 41.3 Å². The minimum atomic E-state index is -3.98. The Morgan fingerprint density at radius 2 is 1.67 bits per heavy atom. The molecule has 224 valence electrons. The summed E-state index contributed by atoms with van der Waals surface area (Å²) in [5, 5.41) is 4.80. The van der Waals surface area contributed by atoms with Crippen LogP contribution < -0.4 is 10.0 Å². The maximum absolute atomic E-state index is 13.3. The fraction of sp³-hybridized carbons (Fsp3) is 0.517. The molecular weight excluding hydrogens is 582 g/mol. The van der Waals surface area contributed by atoms with E-state index >= 15 is 0 Å². The number of hydrogen-bond donors (Lipinski definition) is 2. The third-order valence-corrected chi connectivity index (χ3v) is 10.5. The first kappa shape index (κ1) is 28.9. The van der Waals surface area contributed by atoms with Crippen LogP contribution in [0.2, 0.25) is 5.02 Å². The molecule has 4 saturated heterocycles. The van der Waals surface area contributed by atoms with Crippen LogP contribution in [0, 0.1) is 17.8 Å². The lowest BCUT2D eigenvalue weighted by Gasteiger charge is -2.46. The van der Waals surface area contributed by atoms with Crippen LogP contribution in [0.25, 0.3) is 10.8 Å². The lowest BCUT2D eigenvalue weighted by atomic mass is 9.84. The topological polar surface area (TPSA) is 136 Å². The molecule has 2 aromatic carbocycles. The van der Waals surface area contributed by atoms with E-state index in [0.29, 0.717) is 62.5 Å². The van der Waals surface area contributed by atoms with Crippen LogP contribution in [0.3, 0.4) is 0 Å². The summed E-state index contributed by atoms with van der Waals surface area (Å²) in [7, 11) is -3.98. The highest BCUT2D eigenvalue weighted by molar-refractivity contribution is 7.89. The van der Waals surface area contributed by atoms with E-state index in [-0.39, 0.29) is 53.3 Å². The SMILES string of the molecule is O=C1CC(C(=O)N2CC3CC(CN(C(=O)CN4CCCC(NS(=O)(=O)c5ccc6cc(Cl)ccc6c5)C4=O)C3)C2)CN1. The molecule has 4 amide bonds. The molecule has 0 radical (unpaired) electrons. The van der Waals surface area contributed by atoms with E-state index in [9.17, 15) is 27.6 Å². The Bertz CT molecular complexity index is 1540. The molecule has 42 heavy (non-hydrogen) atoms. The normalized spacial score (nSPS) is 26.5. The summed E-state index contributed by atoms with van der Waals surface area (Å²) in [4.78, 5) is 56.3. The molecule has 13 heteroatoms. The number of fused-ring (bicyclic) bond motifs is 3. The highest BCUT2D eigenvalue weighted by Gasteiger charge is 2.41. The predicted molar refractivity (Wildman–Crippen MR) is 155 cm³/mol. The van der Waals surface area contributed by atoms with Gasteiger partial charge in [0.05, 0.1) is 17.4 Å². The number of nitrogens with one attached hydrogen (secondary N) is 2. The van der Waals surface area contributed by atoms with Gasteiger partial charge in [0, 0.05) is 50.7 Å². The lowest BCUT2D eigenvalue weighted by molar-refractivity contribution is -0.147. The van der Waals surface area contributed by atoms with Crippen molar-refractivity contribution in [3.8, 4) is 0 Å². The number of halogens is 1. The molecule has 0 spiro atoms. The Morgan fingerprint density at radius 3 is 2.38 bits per heavy atom. The van der Waals surface area contributed by atoms with Crippen molar-refractivity contribution in [3.05, 3.63) is 41.4 Å². The van der Waals surface area contributed by atoms with Gasteiger partial charge in [0.2, 0.25) is 33.7 Å². The fourth-order valence-electron chi connectivity index (χ4n) is 6.79. The largest absolute Gasteiger partial charge is 0.355 e. The predicted octanol–water partition coefficient (Wildman–Crippen LogP) is 1.21. The molecule has 2 bridgehead atoms. The second-order valence-corrected chi connectivity index (χ2v) is 14.1. The molecule has 2 N–H and O–H groups in total. The van der Waals surface area contributed by atoms with E-state index in [4.69, 9.17) is 11.6 Å². The summed E-state index contributed by atoms with van der Waals surface area (Å²) in [5.74, 6) is -0.688. The van der Waals surface area contributed by atoms with Crippen LogP contribution in [-0.2, 0) is 29.2 Å². The molecule has 4 unspecified atom stereocenters. The number of nitrogens with zero attached hydrogens (tertiary/aromatic N) is 3. The summed E-state index contributed by atoms with van der Waals surface area (Å²) in [6.07, 6.45) is 2.09. The number of hydrogen-bond acceptors (Lipinski definition) is 6. The molecule has 4 atom stereocenters. The van der Waals surface area contributed by atoms with Crippen LogP contribution in [-0.4, -0.2) is 98.6 Å². The minimum absolute atomic E-state index is 0.00307. The van der Waals surface area contributed by atoms with Crippen molar-refractivity contribution in [1.82, 2.24) is 24.7 Å². The number of sulfonamides is 1. The van der Waals surface area contributed by atoms with Crippen molar-refractivity contribution in [3.63, 3.8) is 0 Å². The zero-order chi connectivity index (χ0) is 29.6. The van der Waals surface area contributed by atoms with Gasteiger partial charge in [0.15, 0.2) is 0 Å². The highest BCUT2D eigenvalue weighted by atomic mass is 35.5. The molecule has 6 rings (SSSR count). The van der Waals surface area contributed by atoms with E-state index in [2.05, 4.69) is 10.0 Å². The quantitative estimate of drug-likeness (QED) is 0.501. The van der Waals surface area contributed by atoms with Crippen molar-refractivity contribution in [2.24, 2.45) is 17.8 Å². The van der Waals surface area contributed by atoms with Crippen molar-refractivity contribution in [2.75, 3.05) is 45.8 Å². The summed E-state index contributed by atoms with van der Waals surface area (Å²) in [6.45, 7) is 2.78. The third kappa shape index (κ3) is 5.97. The maximum Gasteiger partial charge on any atom is 0.242 e. The van der Waals surface area contributed by atoms with Crippen LogP contribution in [0.4, 0.5) is 0 Å². The van der Waals surface area contributed by atoms with Crippen molar-refractivity contribution in [1.29, 1.82) is 0 Å². The van der Waals surface area contributed by atoms with Gasteiger partial charge < -0.3 is 20.0 Å². The minimum Gasteiger partial charge on any atom is -0.355 e. The molecule has 4 heterocycles. The van der Waals surface area contributed by atoms with Gasteiger partial charge in [-0.1, -0.05) is 23.7 Å². The van der Waals surface area contributed by atoms with Crippen LogP contribution in [0.5, 0.6) is 0 Å². The Balaban J connectivity index is 1.05. The summed E-state index contributed by atoms with van der Waals surface area (Å²) >= 11 is 6.04. The molecular formula is C29H34ClN5O6S. The number of rotatable bonds is 6. The van der Waals surface area contributed by atoms with Gasteiger partial charge in [-0.3, -0.25) is 19.2 Å². The zero-order valence-corrected chi connectivity index (χ0v) is 24.7. The lowest BCUT2D eigenvalue weighted by Crippen LogP contribution is -2.59. The Kier molecular flexibility index (Phi) is 7.88. The molecule has 0 aromatic heterocycles. The summed E-state index contributed by atoms with van der Waals surface area (Å²) in [5.41, 5.74) is 0. The van der Waals surface area contributed by atoms with Crippen molar-refractivity contribution >= 4 is 56.0 Å². The Hall–Kier alpha value is -3.22. The molecule has 2 aromatic rings. The first-order chi connectivity index (χ1) is 20.1. The average molecular weight is 616 g/mol. The van der Waals surface area contributed by atoms with Crippen molar-refractivity contribution in [2.45, 2.75) is 36.6 Å². The number of piperidine rings is 3. The molecule has 4 fully saturated rings. The van der Waals surface area contributed by atoms with Gasteiger partial charge in [-0.05, 0) is 66.1 Å². The van der Waals surface area contributed by atoms with E-state index < -0.39 is 22.0 Å². The van der Waals surface area contributed by atoms with Gasteiger partial charge in [-0.2, -0.15) is 4.72 Å². The standard InChI is InChI=1S/C29H34ClN5O6S/c30-23-5-3-21-10-24(6-4-20(21)9-23)42(40,41)32-25-2-1-7-33(29(25)39)17-27(37)34-13-18-8-19(14-34)16-35(15-18)28(38)22-11-26(36)31-12-22/h3-6,9-10,18-19,22,25,32H,1-2,7-8,11-17H2,(H,31,36). The smallest absolute Gasteiger partial charge is 0.242 e. The van der Waals surface area contributed by atoms with E-state index in [1.807, 2.05) is 4.90 Å². The van der Waals surface area contributed by atoms with E-state index in [1.165, 1.54) is 11.0 Å². The number of carbonyl (C=O) groups excluding carboxylic acids is 4. The van der Waals surface area contributed by atoms with E-state index in [0.717, 1.165) is 11.8 Å². The fourth-order valence-corrected chi connectivity index (χ4v) is 8.23.